The first kappa shape index (κ1) is 12.8. The van der Waals surface area contributed by atoms with Crippen LogP contribution in [0.4, 0.5) is 0 Å². The molecule has 1 aromatic heterocycles. The van der Waals surface area contributed by atoms with Crippen molar-refractivity contribution in [1.82, 2.24) is 10.3 Å². The molecule has 2 heterocycles. The highest BCUT2D eigenvalue weighted by Gasteiger charge is 2.12. The Morgan fingerprint density at radius 3 is 2.80 bits per heavy atom. The Labute approximate surface area is 102 Å². The molecule has 0 saturated carbocycles. The van der Waals surface area contributed by atoms with Crippen LogP contribution < -0.4 is 5.32 Å². The van der Waals surface area contributed by atoms with E-state index >= 15 is 0 Å². The molecule has 0 unspecified atom stereocenters. The van der Waals surface area contributed by atoms with Crippen LogP contribution in [0.15, 0.2) is 29.4 Å². The van der Waals surface area contributed by atoms with E-state index in [-0.39, 0.29) is 12.4 Å². The highest BCUT2D eigenvalue weighted by Crippen LogP contribution is 2.22. The van der Waals surface area contributed by atoms with Crippen LogP contribution in [0.2, 0.25) is 0 Å². The van der Waals surface area contributed by atoms with Gasteiger partial charge in [-0.1, -0.05) is 6.07 Å². The molecule has 84 valence electrons. The van der Waals surface area contributed by atoms with E-state index in [9.17, 15) is 0 Å². The molecule has 1 fully saturated rings. The minimum Gasteiger partial charge on any atom is -0.317 e. The number of nitrogens with one attached hydrogen (secondary N) is 1. The Hall–Kier alpha value is -0.250. The molecule has 0 aliphatic carbocycles. The molecule has 1 aromatic rings. The lowest BCUT2D eigenvalue weighted by atomic mass is 10.0. The second-order valence-electron chi connectivity index (χ2n) is 3.67. The van der Waals surface area contributed by atoms with Crippen LogP contribution in [0.3, 0.4) is 0 Å². The molecule has 0 atom stereocenters. The Morgan fingerprint density at radius 1 is 1.33 bits per heavy atom. The first-order valence-corrected chi connectivity index (χ1v) is 6.18. The molecular formula is C11H17ClN2S. The molecule has 0 spiro atoms. The number of hydrogen-bond acceptors (Lipinski definition) is 3. The summed E-state index contributed by atoms with van der Waals surface area (Å²) in [6.07, 6.45) is 4.50. The van der Waals surface area contributed by atoms with E-state index in [1.807, 2.05) is 24.0 Å². The zero-order valence-corrected chi connectivity index (χ0v) is 10.3. The lowest BCUT2D eigenvalue weighted by Gasteiger charge is -2.21. The first-order chi connectivity index (χ1) is 6.95. The summed E-state index contributed by atoms with van der Waals surface area (Å²) in [7, 11) is 0. The van der Waals surface area contributed by atoms with Crippen molar-refractivity contribution in [2.45, 2.75) is 17.9 Å². The largest absolute Gasteiger partial charge is 0.317 e. The fraction of sp³-hybridized carbons (Fsp3) is 0.545. The topological polar surface area (TPSA) is 24.9 Å². The Bertz CT molecular complexity index is 263. The van der Waals surface area contributed by atoms with Crippen molar-refractivity contribution in [2.75, 3.05) is 18.8 Å². The van der Waals surface area contributed by atoms with Gasteiger partial charge in [-0.2, -0.15) is 0 Å². The Morgan fingerprint density at radius 2 is 2.13 bits per heavy atom. The van der Waals surface area contributed by atoms with Gasteiger partial charge in [-0.05, 0) is 44.0 Å². The minimum atomic E-state index is 0. The summed E-state index contributed by atoms with van der Waals surface area (Å²) < 4.78 is 0. The summed E-state index contributed by atoms with van der Waals surface area (Å²) in [5.41, 5.74) is 0. The van der Waals surface area contributed by atoms with Gasteiger partial charge in [0, 0.05) is 11.9 Å². The summed E-state index contributed by atoms with van der Waals surface area (Å²) in [4.78, 5) is 4.31. The second kappa shape index (κ2) is 7.09. The SMILES string of the molecule is Cl.c1ccc(SCC2CCNCC2)nc1. The molecule has 15 heavy (non-hydrogen) atoms. The average Bonchev–Trinajstić information content (AvgIpc) is 2.29. The molecule has 2 rings (SSSR count). The van der Waals surface area contributed by atoms with Crippen molar-refractivity contribution >= 4 is 24.2 Å². The zero-order valence-electron chi connectivity index (χ0n) is 8.69. The molecule has 1 aliphatic rings. The molecule has 1 aliphatic heterocycles. The fourth-order valence-electron chi connectivity index (χ4n) is 1.68. The normalized spacial score (nSPS) is 17.1. The number of rotatable bonds is 3. The van der Waals surface area contributed by atoms with Crippen molar-refractivity contribution in [3.05, 3.63) is 24.4 Å². The third-order valence-corrected chi connectivity index (χ3v) is 3.74. The van der Waals surface area contributed by atoms with Gasteiger partial charge in [0.25, 0.3) is 0 Å². The number of halogens is 1. The van der Waals surface area contributed by atoms with E-state index in [2.05, 4.69) is 22.4 Å². The Balaban J connectivity index is 0.00000112. The predicted molar refractivity (Wildman–Crippen MR) is 67.8 cm³/mol. The summed E-state index contributed by atoms with van der Waals surface area (Å²) in [6, 6.07) is 6.11. The molecule has 2 nitrogen and oxygen atoms in total. The van der Waals surface area contributed by atoms with Gasteiger partial charge in [0.1, 0.15) is 0 Å². The lowest BCUT2D eigenvalue weighted by Crippen LogP contribution is -2.28. The number of thioether (sulfide) groups is 1. The quantitative estimate of drug-likeness (QED) is 0.828. The van der Waals surface area contributed by atoms with Crippen LogP contribution in [0.1, 0.15) is 12.8 Å². The highest BCUT2D eigenvalue weighted by molar-refractivity contribution is 7.99. The third-order valence-electron chi connectivity index (χ3n) is 2.56. The average molecular weight is 245 g/mol. The zero-order chi connectivity index (χ0) is 9.64. The van der Waals surface area contributed by atoms with Gasteiger partial charge < -0.3 is 5.32 Å². The van der Waals surface area contributed by atoms with Gasteiger partial charge in [-0.25, -0.2) is 4.98 Å². The monoisotopic (exact) mass is 244 g/mol. The van der Waals surface area contributed by atoms with Crippen molar-refractivity contribution < 1.29 is 0 Å². The van der Waals surface area contributed by atoms with Crippen LogP contribution in [0, 0.1) is 5.92 Å². The predicted octanol–water partition coefficient (Wildman–Crippen LogP) is 2.60. The first-order valence-electron chi connectivity index (χ1n) is 5.20. The van der Waals surface area contributed by atoms with Crippen LogP contribution in [-0.2, 0) is 0 Å². The molecular weight excluding hydrogens is 228 g/mol. The minimum absolute atomic E-state index is 0. The van der Waals surface area contributed by atoms with Crippen molar-refractivity contribution in [3.63, 3.8) is 0 Å². The van der Waals surface area contributed by atoms with Gasteiger partial charge in [0.15, 0.2) is 0 Å². The van der Waals surface area contributed by atoms with E-state index in [1.165, 1.54) is 31.7 Å². The molecule has 4 heteroatoms. The summed E-state index contributed by atoms with van der Waals surface area (Å²) in [5, 5.41) is 4.55. The van der Waals surface area contributed by atoms with E-state index in [0.29, 0.717) is 0 Å². The summed E-state index contributed by atoms with van der Waals surface area (Å²) >= 11 is 1.89. The summed E-state index contributed by atoms with van der Waals surface area (Å²) in [6.45, 7) is 2.38. The smallest absolute Gasteiger partial charge is 0.0959 e. The molecule has 0 aromatic carbocycles. The van der Waals surface area contributed by atoms with Crippen LogP contribution >= 0.6 is 24.2 Å². The lowest BCUT2D eigenvalue weighted by molar-refractivity contribution is 0.408. The van der Waals surface area contributed by atoms with E-state index in [1.54, 1.807) is 0 Å². The molecule has 0 radical (unpaired) electrons. The fourth-order valence-corrected chi connectivity index (χ4v) is 2.73. The second-order valence-corrected chi connectivity index (χ2v) is 4.71. The van der Waals surface area contributed by atoms with E-state index in [0.717, 1.165) is 10.9 Å². The van der Waals surface area contributed by atoms with Gasteiger partial charge in [-0.3, -0.25) is 0 Å². The molecule has 1 saturated heterocycles. The molecule has 1 N–H and O–H groups in total. The van der Waals surface area contributed by atoms with Gasteiger partial charge in [-0.15, -0.1) is 24.2 Å². The number of piperidine rings is 1. The standard InChI is InChI=1S/C11H16N2S.ClH/c1-2-6-13-11(3-1)14-9-10-4-7-12-8-5-10;/h1-3,6,10,12H,4-5,7-9H2;1H. The number of hydrogen-bond donors (Lipinski definition) is 1. The van der Waals surface area contributed by atoms with Crippen molar-refractivity contribution in [3.8, 4) is 0 Å². The maximum Gasteiger partial charge on any atom is 0.0959 e. The molecule has 0 amide bonds. The number of aromatic nitrogens is 1. The maximum absolute atomic E-state index is 4.31. The number of pyridine rings is 1. The van der Waals surface area contributed by atoms with Crippen molar-refractivity contribution in [2.24, 2.45) is 5.92 Å². The summed E-state index contributed by atoms with van der Waals surface area (Å²) in [5.74, 6) is 2.10. The number of nitrogens with zero attached hydrogens (tertiary/aromatic N) is 1. The maximum atomic E-state index is 4.31. The Kier molecular flexibility index (Phi) is 6.06. The highest BCUT2D eigenvalue weighted by atomic mass is 35.5. The van der Waals surface area contributed by atoms with Crippen LogP contribution in [0.25, 0.3) is 0 Å². The van der Waals surface area contributed by atoms with Crippen LogP contribution in [-0.4, -0.2) is 23.8 Å². The third kappa shape index (κ3) is 4.41. The van der Waals surface area contributed by atoms with Gasteiger partial charge in [0.05, 0.1) is 5.03 Å². The van der Waals surface area contributed by atoms with E-state index < -0.39 is 0 Å². The molecule has 0 bridgehead atoms. The van der Waals surface area contributed by atoms with Gasteiger partial charge >= 0.3 is 0 Å². The van der Waals surface area contributed by atoms with Gasteiger partial charge in [0.2, 0.25) is 0 Å². The van der Waals surface area contributed by atoms with E-state index in [4.69, 9.17) is 0 Å². The van der Waals surface area contributed by atoms with Crippen molar-refractivity contribution in [1.29, 1.82) is 0 Å². The van der Waals surface area contributed by atoms with Crippen LogP contribution in [0.5, 0.6) is 0 Å².